The molecule has 0 bridgehead atoms. The van der Waals surface area contributed by atoms with E-state index >= 15 is 0 Å². The van der Waals surface area contributed by atoms with E-state index in [0.717, 1.165) is 12.8 Å². The minimum Gasteiger partial charge on any atom is -0.481 e. The van der Waals surface area contributed by atoms with Gasteiger partial charge in [-0.3, -0.25) is 4.79 Å². The lowest BCUT2D eigenvalue weighted by atomic mass is 10.0. The number of carbonyl (C=O) groups is 1. The maximum atomic E-state index is 10.4. The predicted molar refractivity (Wildman–Crippen MR) is 119 cm³/mol. The lowest BCUT2D eigenvalue weighted by Gasteiger charge is -2.04. The van der Waals surface area contributed by atoms with E-state index in [2.05, 4.69) is 6.58 Å². The first-order valence-electron chi connectivity index (χ1n) is 12.1. The highest BCUT2D eigenvalue weighted by molar-refractivity contribution is 5.66. The fourth-order valence-corrected chi connectivity index (χ4v) is 3.75. The van der Waals surface area contributed by atoms with Crippen molar-refractivity contribution < 1.29 is 9.90 Å². The van der Waals surface area contributed by atoms with E-state index in [9.17, 15) is 4.79 Å². The largest absolute Gasteiger partial charge is 0.481 e. The number of unbranched alkanes of at least 4 members (excludes halogenated alkanes) is 20. The van der Waals surface area contributed by atoms with Gasteiger partial charge in [0.05, 0.1) is 0 Å². The number of allylic oxidation sites excluding steroid dienone is 1. The van der Waals surface area contributed by atoms with Crippen LogP contribution in [0.3, 0.4) is 0 Å². The Balaban J connectivity index is 2.99. The van der Waals surface area contributed by atoms with Crippen molar-refractivity contribution >= 4 is 5.97 Å². The summed E-state index contributed by atoms with van der Waals surface area (Å²) in [4.78, 5) is 10.4. The molecule has 0 saturated carbocycles. The zero-order chi connectivity index (χ0) is 19.8. The van der Waals surface area contributed by atoms with Gasteiger partial charge < -0.3 is 5.11 Å². The molecule has 2 nitrogen and oxygen atoms in total. The van der Waals surface area contributed by atoms with Gasteiger partial charge in [0.2, 0.25) is 0 Å². The van der Waals surface area contributed by atoms with Crippen LogP contribution in [-0.4, -0.2) is 11.1 Å². The monoisotopic (exact) mass is 380 g/mol. The van der Waals surface area contributed by atoms with Gasteiger partial charge in [0.1, 0.15) is 0 Å². The molecule has 0 heterocycles. The summed E-state index contributed by atoms with van der Waals surface area (Å²) in [6, 6.07) is 0. The standard InChI is InChI=1S/C25H48O2/c1-2-3-4-5-6-7-8-9-10-11-12-13-14-15-16-17-18-19-20-21-22-23-24-25(26)27/h2H,1,3-24H2,(H,26,27). The molecular weight excluding hydrogens is 332 g/mol. The van der Waals surface area contributed by atoms with E-state index in [1.165, 1.54) is 122 Å². The first-order chi connectivity index (χ1) is 13.3. The molecule has 0 rings (SSSR count). The van der Waals surface area contributed by atoms with Crippen LogP contribution < -0.4 is 0 Å². The highest BCUT2D eigenvalue weighted by atomic mass is 16.4. The first-order valence-corrected chi connectivity index (χ1v) is 12.1. The Labute approximate surface area is 170 Å². The highest BCUT2D eigenvalue weighted by Crippen LogP contribution is 2.15. The normalized spacial score (nSPS) is 11.0. The summed E-state index contributed by atoms with van der Waals surface area (Å²) >= 11 is 0. The number of aliphatic carboxylic acids is 1. The molecule has 0 fully saturated rings. The van der Waals surface area contributed by atoms with Crippen LogP contribution in [0.5, 0.6) is 0 Å². The Bertz CT molecular complexity index is 311. The highest BCUT2D eigenvalue weighted by Gasteiger charge is 1.97. The van der Waals surface area contributed by atoms with Crippen molar-refractivity contribution in [3.8, 4) is 0 Å². The van der Waals surface area contributed by atoms with Gasteiger partial charge in [0, 0.05) is 6.42 Å². The Kier molecular flexibility index (Phi) is 22.6. The lowest BCUT2D eigenvalue weighted by Crippen LogP contribution is -1.93. The van der Waals surface area contributed by atoms with Crippen molar-refractivity contribution in [1.29, 1.82) is 0 Å². The van der Waals surface area contributed by atoms with Crippen molar-refractivity contribution in [2.75, 3.05) is 0 Å². The maximum absolute atomic E-state index is 10.4. The number of carboxylic acid groups (broad SMARTS) is 1. The van der Waals surface area contributed by atoms with Gasteiger partial charge in [-0.25, -0.2) is 0 Å². The summed E-state index contributed by atoms with van der Waals surface area (Å²) in [5.74, 6) is -0.652. The zero-order valence-corrected chi connectivity index (χ0v) is 18.2. The summed E-state index contributed by atoms with van der Waals surface area (Å²) in [7, 11) is 0. The Hall–Kier alpha value is -0.790. The van der Waals surface area contributed by atoms with Crippen LogP contribution in [0.2, 0.25) is 0 Å². The number of carboxylic acids is 1. The Morgan fingerprint density at radius 3 is 1.04 bits per heavy atom. The molecule has 27 heavy (non-hydrogen) atoms. The molecule has 0 aromatic rings. The molecule has 2 heteroatoms. The minimum absolute atomic E-state index is 0.344. The van der Waals surface area contributed by atoms with Gasteiger partial charge in [-0.05, 0) is 19.3 Å². The third-order valence-corrected chi connectivity index (χ3v) is 5.55. The van der Waals surface area contributed by atoms with Crippen LogP contribution in [0.15, 0.2) is 12.7 Å². The van der Waals surface area contributed by atoms with Gasteiger partial charge in [0.25, 0.3) is 0 Å². The Morgan fingerprint density at radius 2 is 0.778 bits per heavy atom. The van der Waals surface area contributed by atoms with Crippen molar-refractivity contribution in [3.05, 3.63) is 12.7 Å². The fourth-order valence-electron chi connectivity index (χ4n) is 3.75. The zero-order valence-electron chi connectivity index (χ0n) is 18.2. The first kappa shape index (κ1) is 26.2. The van der Waals surface area contributed by atoms with E-state index in [-0.39, 0.29) is 0 Å². The van der Waals surface area contributed by atoms with Crippen molar-refractivity contribution in [1.82, 2.24) is 0 Å². The predicted octanol–water partition coefficient (Wildman–Crippen LogP) is 8.84. The van der Waals surface area contributed by atoms with Crippen molar-refractivity contribution in [3.63, 3.8) is 0 Å². The number of hydrogen-bond donors (Lipinski definition) is 1. The van der Waals surface area contributed by atoms with Gasteiger partial charge in [-0.15, -0.1) is 6.58 Å². The molecule has 0 atom stereocenters. The molecule has 0 radical (unpaired) electrons. The van der Waals surface area contributed by atoms with Crippen molar-refractivity contribution in [2.24, 2.45) is 0 Å². The molecular formula is C25H48O2. The van der Waals surface area contributed by atoms with Crippen LogP contribution in [0.25, 0.3) is 0 Å². The topological polar surface area (TPSA) is 37.3 Å². The third kappa shape index (κ3) is 25.2. The van der Waals surface area contributed by atoms with Gasteiger partial charge in [-0.1, -0.05) is 122 Å². The minimum atomic E-state index is -0.652. The van der Waals surface area contributed by atoms with E-state index in [1.807, 2.05) is 6.08 Å². The SMILES string of the molecule is C=CCCCCCCCCCCCCCCCCCCCCCCC(=O)O. The van der Waals surface area contributed by atoms with Crippen molar-refractivity contribution in [2.45, 2.75) is 141 Å². The summed E-state index contributed by atoms with van der Waals surface area (Å²) in [5, 5.41) is 8.58. The average molecular weight is 381 g/mol. The molecule has 1 N–H and O–H groups in total. The lowest BCUT2D eigenvalue weighted by molar-refractivity contribution is -0.137. The van der Waals surface area contributed by atoms with E-state index in [1.54, 1.807) is 0 Å². The van der Waals surface area contributed by atoms with E-state index in [0.29, 0.717) is 6.42 Å². The summed E-state index contributed by atoms with van der Waals surface area (Å²) in [6.45, 7) is 3.77. The second kappa shape index (κ2) is 23.2. The van der Waals surface area contributed by atoms with Crippen LogP contribution in [0, 0.1) is 0 Å². The maximum Gasteiger partial charge on any atom is 0.303 e. The molecule has 0 aliphatic rings. The van der Waals surface area contributed by atoms with E-state index < -0.39 is 5.97 Å². The summed E-state index contributed by atoms with van der Waals surface area (Å²) < 4.78 is 0. The molecule has 0 unspecified atom stereocenters. The third-order valence-electron chi connectivity index (χ3n) is 5.55. The fraction of sp³-hybridized carbons (Fsp3) is 0.880. The second-order valence-electron chi connectivity index (χ2n) is 8.29. The number of hydrogen-bond acceptors (Lipinski definition) is 1. The Morgan fingerprint density at radius 1 is 0.519 bits per heavy atom. The van der Waals surface area contributed by atoms with Gasteiger partial charge in [0.15, 0.2) is 0 Å². The van der Waals surface area contributed by atoms with Crippen LogP contribution in [0.4, 0.5) is 0 Å². The average Bonchev–Trinajstić information content (AvgIpc) is 2.65. The smallest absolute Gasteiger partial charge is 0.303 e. The molecule has 0 spiro atoms. The van der Waals surface area contributed by atoms with Crippen LogP contribution >= 0.6 is 0 Å². The quantitative estimate of drug-likeness (QED) is 0.142. The molecule has 0 aromatic carbocycles. The molecule has 0 aromatic heterocycles. The molecule has 0 aliphatic heterocycles. The van der Waals surface area contributed by atoms with Crippen LogP contribution in [-0.2, 0) is 4.79 Å². The second-order valence-corrected chi connectivity index (χ2v) is 8.29. The van der Waals surface area contributed by atoms with E-state index in [4.69, 9.17) is 5.11 Å². The molecule has 0 aliphatic carbocycles. The molecule has 0 saturated heterocycles. The van der Waals surface area contributed by atoms with Crippen LogP contribution in [0.1, 0.15) is 141 Å². The van der Waals surface area contributed by atoms with Gasteiger partial charge >= 0.3 is 5.97 Å². The molecule has 0 amide bonds. The van der Waals surface area contributed by atoms with Gasteiger partial charge in [-0.2, -0.15) is 0 Å². The summed E-state index contributed by atoms with van der Waals surface area (Å²) in [5.41, 5.74) is 0. The molecule has 160 valence electrons. The number of rotatable bonds is 23. The summed E-state index contributed by atoms with van der Waals surface area (Å²) in [6.07, 6.45) is 30.6.